The first-order valence-electron chi connectivity index (χ1n) is 8.06. The number of hydrogen-bond acceptors (Lipinski definition) is 7. The van der Waals surface area contributed by atoms with Crippen molar-refractivity contribution in [2.75, 3.05) is 10.0 Å². The molecule has 0 aliphatic rings. The maximum atomic E-state index is 12.5. The monoisotopic (exact) mass is 386 g/mol. The molecule has 27 heavy (non-hydrogen) atoms. The molecule has 0 saturated carbocycles. The Morgan fingerprint density at radius 3 is 2.48 bits per heavy atom. The highest BCUT2D eigenvalue weighted by molar-refractivity contribution is 7.92. The maximum Gasteiger partial charge on any atom is 0.267 e. The Hall–Kier alpha value is -3.20. The Kier molecular flexibility index (Phi) is 4.95. The van der Waals surface area contributed by atoms with E-state index in [1.165, 1.54) is 20.0 Å². The summed E-state index contributed by atoms with van der Waals surface area (Å²) in [5, 5.41) is 6.73. The lowest BCUT2D eigenvalue weighted by Crippen LogP contribution is -2.14. The molecule has 0 saturated heterocycles. The highest BCUT2D eigenvalue weighted by Gasteiger charge is 2.24. The lowest BCUT2D eigenvalue weighted by Gasteiger charge is -2.09. The van der Waals surface area contributed by atoms with Gasteiger partial charge in [-0.15, -0.1) is 0 Å². The van der Waals surface area contributed by atoms with E-state index in [-0.39, 0.29) is 22.1 Å². The fourth-order valence-corrected chi connectivity index (χ4v) is 3.93. The number of Topliss-reactive ketones (excluding diaryl/α,β-unsaturated/α-hetero) is 1. The van der Waals surface area contributed by atoms with Crippen molar-refractivity contribution >= 4 is 33.0 Å². The predicted octanol–water partition coefficient (Wildman–Crippen LogP) is 3.43. The van der Waals surface area contributed by atoms with Crippen LogP contribution >= 0.6 is 0 Å². The molecule has 2 N–H and O–H groups in total. The van der Waals surface area contributed by atoms with Crippen molar-refractivity contribution in [2.24, 2.45) is 0 Å². The van der Waals surface area contributed by atoms with Crippen LogP contribution in [0.2, 0.25) is 0 Å². The van der Waals surface area contributed by atoms with Crippen molar-refractivity contribution < 1.29 is 17.7 Å². The van der Waals surface area contributed by atoms with Gasteiger partial charge in [0.15, 0.2) is 16.4 Å². The Labute approximate surface area is 156 Å². The second-order valence-electron chi connectivity index (χ2n) is 5.95. The molecule has 3 aromatic rings. The van der Waals surface area contributed by atoms with Gasteiger partial charge >= 0.3 is 0 Å². The average molecular weight is 386 g/mol. The summed E-state index contributed by atoms with van der Waals surface area (Å²) in [5.41, 5.74) is 1.89. The highest BCUT2D eigenvalue weighted by Crippen LogP contribution is 2.23. The average Bonchev–Trinajstić information content (AvgIpc) is 2.96. The molecule has 9 heteroatoms. The van der Waals surface area contributed by atoms with Crippen molar-refractivity contribution in [1.82, 2.24) is 10.1 Å². The number of sulfonamides is 1. The van der Waals surface area contributed by atoms with Gasteiger partial charge in [0.25, 0.3) is 10.0 Å². The van der Waals surface area contributed by atoms with E-state index in [0.29, 0.717) is 22.8 Å². The molecular weight excluding hydrogens is 368 g/mol. The van der Waals surface area contributed by atoms with Gasteiger partial charge in [0, 0.05) is 11.3 Å². The number of anilines is 3. The number of nitrogens with zero attached hydrogens (tertiary/aromatic N) is 2. The second-order valence-corrected chi connectivity index (χ2v) is 7.57. The molecular formula is C18H18N4O4S. The molecule has 0 fully saturated rings. The van der Waals surface area contributed by atoms with Crippen LogP contribution in [0.25, 0.3) is 0 Å². The predicted molar refractivity (Wildman–Crippen MR) is 101 cm³/mol. The molecule has 0 amide bonds. The summed E-state index contributed by atoms with van der Waals surface area (Å²) in [6.07, 6.45) is 1.40. The Balaban J connectivity index is 1.76. The van der Waals surface area contributed by atoms with Crippen LogP contribution in [0.15, 0.2) is 52.0 Å². The third kappa shape index (κ3) is 4.14. The first-order chi connectivity index (χ1) is 12.8. The van der Waals surface area contributed by atoms with Gasteiger partial charge in [0.05, 0.1) is 11.9 Å². The molecule has 8 nitrogen and oxygen atoms in total. The number of carbonyl (C=O) groups excluding carboxylic acids is 1. The van der Waals surface area contributed by atoms with Crippen molar-refractivity contribution in [3.63, 3.8) is 0 Å². The van der Waals surface area contributed by atoms with Crippen LogP contribution in [0.1, 0.15) is 28.7 Å². The molecule has 2 aromatic heterocycles. The molecule has 2 heterocycles. The van der Waals surface area contributed by atoms with Gasteiger partial charge in [-0.3, -0.25) is 9.52 Å². The SMILES string of the molecule is CC(=O)c1cccc(Nc2ccc(NS(=O)(=O)c3c(C)noc3C)cn2)c1. The van der Waals surface area contributed by atoms with E-state index in [1.54, 1.807) is 37.3 Å². The van der Waals surface area contributed by atoms with Gasteiger partial charge in [-0.2, -0.15) is 0 Å². The fraction of sp³-hybridized carbons (Fsp3) is 0.167. The van der Waals surface area contributed by atoms with Gasteiger partial charge in [-0.1, -0.05) is 17.3 Å². The first-order valence-corrected chi connectivity index (χ1v) is 9.54. The molecule has 0 unspecified atom stereocenters. The number of hydrogen-bond donors (Lipinski definition) is 2. The van der Waals surface area contributed by atoms with Gasteiger partial charge < -0.3 is 9.84 Å². The highest BCUT2D eigenvalue weighted by atomic mass is 32.2. The summed E-state index contributed by atoms with van der Waals surface area (Å²) in [5.74, 6) is 0.697. The minimum Gasteiger partial charge on any atom is -0.360 e. The van der Waals surface area contributed by atoms with Crippen molar-refractivity contribution in [1.29, 1.82) is 0 Å². The minimum absolute atomic E-state index is 0.0192. The Morgan fingerprint density at radius 2 is 1.89 bits per heavy atom. The van der Waals surface area contributed by atoms with Crippen LogP contribution < -0.4 is 10.0 Å². The maximum absolute atomic E-state index is 12.5. The summed E-state index contributed by atoms with van der Waals surface area (Å²) in [4.78, 5) is 15.7. The summed E-state index contributed by atoms with van der Waals surface area (Å²) < 4.78 is 32.4. The zero-order valence-corrected chi connectivity index (χ0v) is 15.8. The normalized spacial score (nSPS) is 11.2. The molecule has 0 aliphatic carbocycles. The number of carbonyl (C=O) groups is 1. The Morgan fingerprint density at radius 1 is 1.11 bits per heavy atom. The zero-order chi connectivity index (χ0) is 19.6. The van der Waals surface area contributed by atoms with Crippen LogP contribution in [-0.4, -0.2) is 24.3 Å². The number of nitrogens with one attached hydrogen (secondary N) is 2. The first kappa shape index (κ1) is 18.6. The van der Waals surface area contributed by atoms with Crippen molar-refractivity contribution in [2.45, 2.75) is 25.7 Å². The molecule has 0 bridgehead atoms. The van der Waals surface area contributed by atoms with Gasteiger partial charge in [-0.05, 0) is 45.0 Å². The molecule has 0 aliphatic heterocycles. The number of ketones is 1. The van der Waals surface area contributed by atoms with E-state index in [2.05, 4.69) is 20.2 Å². The van der Waals surface area contributed by atoms with E-state index in [4.69, 9.17) is 4.52 Å². The summed E-state index contributed by atoms with van der Waals surface area (Å²) in [6.45, 7) is 4.59. The Bertz CT molecular complexity index is 1070. The summed E-state index contributed by atoms with van der Waals surface area (Å²) in [6, 6.07) is 10.2. The van der Waals surface area contributed by atoms with Crippen LogP contribution in [0.5, 0.6) is 0 Å². The molecule has 0 radical (unpaired) electrons. The number of pyridine rings is 1. The largest absolute Gasteiger partial charge is 0.360 e. The topological polar surface area (TPSA) is 114 Å². The molecule has 3 rings (SSSR count). The fourth-order valence-electron chi connectivity index (χ4n) is 2.56. The minimum atomic E-state index is -3.82. The van der Waals surface area contributed by atoms with Crippen LogP contribution in [0.4, 0.5) is 17.2 Å². The smallest absolute Gasteiger partial charge is 0.267 e. The molecule has 0 spiro atoms. The van der Waals surface area contributed by atoms with Crippen LogP contribution in [0.3, 0.4) is 0 Å². The van der Waals surface area contributed by atoms with Gasteiger partial charge in [0.1, 0.15) is 11.5 Å². The summed E-state index contributed by atoms with van der Waals surface area (Å²) >= 11 is 0. The zero-order valence-electron chi connectivity index (χ0n) is 15.0. The standard InChI is InChI=1S/C18H18N4O4S/c1-11-18(13(3)26-21-11)27(24,25)22-16-7-8-17(19-10-16)20-15-6-4-5-14(9-15)12(2)23/h4-10,22H,1-3H3,(H,19,20). The van der Waals surface area contributed by atoms with Crippen molar-refractivity contribution in [3.05, 3.63) is 59.6 Å². The summed E-state index contributed by atoms with van der Waals surface area (Å²) in [7, 11) is -3.82. The number of benzene rings is 1. The number of aromatic nitrogens is 2. The van der Waals surface area contributed by atoms with E-state index in [0.717, 1.165) is 0 Å². The number of rotatable bonds is 6. The lowest BCUT2D eigenvalue weighted by atomic mass is 10.1. The lowest BCUT2D eigenvalue weighted by molar-refractivity contribution is 0.101. The van der Waals surface area contributed by atoms with E-state index in [1.807, 2.05) is 6.07 Å². The van der Waals surface area contributed by atoms with Gasteiger partial charge in [0.2, 0.25) is 0 Å². The molecule has 1 aromatic carbocycles. The van der Waals surface area contributed by atoms with E-state index < -0.39 is 10.0 Å². The molecule has 140 valence electrons. The number of aryl methyl sites for hydroxylation is 2. The van der Waals surface area contributed by atoms with Crippen molar-refractivity contribution in [3.8, 4) is 0 Å². The third-order valence-corrected chi connectivity index (χ3v) is 5.42. The third-order valence-electron chi connectivity index (χ3n) is 3.79. The van der Waals surface area contributed by atoms with Gasteiger partial charge in [-0.25, -0.2) is 13.4 Å². The van der Waals surface area contributed by atoms with Crippen LogP contribution in [0, 0.1) is 13.8 Å². The quantitative estimate of drug-likeness (QED) is 0.624. The van der Waals surface area contributed by atoms with Crippen LogP contribution in [-0.2, 0) is 10.0 Å². The van der Waals surface area contributed by atoms with E-state index in [9.17, 15) is 13.2 Å². The van der Waals surface area contributed by atoms with E-state index >= 15 is 0 Å². The molecule has 0 atom stereocenters. The second kappa shape index (κ2) is 7.20.